The van der Waals surface area contributed by atoms with Gasteiger partial charge in [0.25, 0.3) is 0 Å². The number of benzene rings is 1. The van der Waals surface area contributed by atoms with Crippen LogP contribution in [0.2, 0.25) is 5.15 Å². The Hall–Kier alpha value is -1.69. The molecule has 17 heavy (non-hydrogen) atoms. The molecule has 0 aliphatic carbocycles. The summed E-state index contributed by atoms with van der Waals surface area (Å²) >= 11 is 5.69. The molecule has 7 heteroatoms. The molecule has 0 aliphatic rings. The summed E-state index contributed by atoms with van der Waals surface area (Å²) in [6.07, 6.45) is -4.51. The zero-order valence-corrected chi connectivity index (χ0v) is 9.13. The summed E-state index contributed by atoms with van der Waals surface area (Å²) in [7, 11) is 0. The third-order valence-corrected chi connectivity index (χ3v) is 2.36. The molecule has 2 rings (SSSR count). The van der Waals surface area contributed by atoms with Crippen molar-refractivity contribution in [2.45, 2.75) is 6.18 Å². The van der Waals surface area contributed by atoms with Crippen molar-refractivity contribution >= 4 is 17.3 Å². The number of nitrogen functional groups attached to an aromatic ring is 1. The fourth-order valence-corrected chi connectivity index (χ4v) is 1.53. The topological polar surface area (TPSA) is 43.8 Å². The highest BCUT2D eigenvalue weighted by molar-refractivity contribution is 6.29. The van der Waals surface area contributed by atoms with Crippen LogP contribution in [0.5, 0.6) is 0 Å². The van der Waals surface area contributed by atoms with E-state index in [1.54, 1.807) is 12.1 Å². The molecular weight excluding hydrogens is 255 g/mol. The van der Waals surface area contributed by atoms with Crippen molar-refractivity contribution < 1.29 is 13.2 Å². The van der Waals surface area contributed by atoms with E-state index < -0.39 is 11.9 Å². The van der Waals surface area contributed by atoms with Crippen molar-refractivity contribution in [1.29, 1.82) is 0 Å². The number of alkyl halides is 3. The molecule has 1 aromatic heterocycles. The number of hydrogen-bond donors (Lipinski definition) is 1. The molecule has 1 aromatic carbocycles. The van der Waals surface area contributed by atoms with E-state index in [1.807, 2.05) is 0 Å². The van der Waals surface area contributed by atoms with Gasteiger partial charge in [-0.2, -0.15) is 18.3 Å². The molecule has 0 amide bonds. The summed E-state index contributed by atoms with van der Waals surface area (Å²) in [5, 5.41) is 3.29. The van der Waals surface area contributed by atoms with Crippen molar-refractivity contribution in [2.75, 3.05) is 5.73 Å². The largest absolute Gasteiger partial charge is 0.435 e. The van der Waals surface area contributed by atoms with E-state index in [1.165, 1.54) is 12.1 Å². The monoisotopic (exact) mass is 261 g/mol. The summed E-state index contributed by atoms with van der Waals surface area (Å²) in [4.78, 5) is 0. The third kappa shape index (κ3) is 2.36. The molecule has 0 unspecified atom stereocenters. The Morgan fingerprint density at radius 3 is 2.24 bits per heavy atom. The van der Waals surface area contributed by atoms with Gasteiger partial charge in [-0.25, -0.2) is 4.68 Å². The molecule has 0 radical (unpaired) electrons. The van der Waals surface area contributed by atoms with E-state index in [0.29, 0.717) is 11.4 Å². The maximum Gasteiger partial charge on any atom is 0.435 e. The van der Waals surface area contributed by atoms with Gasteiger partial charge >= 0.3 is 6.18 Å². The third-order valence-electron chi connectivity index (χ3n) is 2.09. The number of halogens is 4. The predicted molar refractivity (Wildman–Crippen MR) is 58.0 cm³/mol. The van der Waals surface area contributed by atoms with Crippen LogP contribution in [-0.4, -0.2) is 9.78 Å². The molecule has 0 spiro atoms. The maximum absolute atomic E-state index is 12.4. The Kier molecular flexibility index (Phi) is 2.74. The van der Waals surface area contributed by atoms with Crippen LogP contribution in [-0.2, 0) is 6.18 Å². The van der Waals surface area contributed by atoms with Gasteiger partial charge in [-0.1, -0.05) is 11.6 Å². The van der Waals surface area contributed by atoms with Gasteiger partial charge in [-0.3, -0.25) is 0 Å². The van der Waals surface area contributed by atoms with E-state index >= 15 is 0 Å². The van der Waals surface area contributed by atoms with Gasteiger partial charge in [0, 0.05) is 11.8 Å². The molecule has 0 atom stereocenters. The molecule has 0 aliphatic heterocycles. The van der Waals surface area contributed by atoms with Crippen LogP contribution in [0.15, 0.2) is 30.3 Å². The first-order chi connectivity index (χ1) is 7.88. The average Bonchev–Trinajstić information content (AvgIpc) is 2.61. The van der Waals surface area contributed by atoms with Crippen LogP contribution in [0.25, 0.3) is 5.69 Å². The summed E-state index contributed by atoms with van der Waals surface area (Å²) in [6, 6.07) is 6.96. The van der Waals surface area contributed by atoms with E-state index in [9.17, 15) is 13.2 Å². The molecular formula is C10H7ClF3N3. The van der Waals surface area contributed by atoms with Crippen LogP contribution in [0.1, 0.15) is 5.69 Å². The van der Waals surface area contributed by atoms with Crippen LogP contribution >= 0.6 is 11.6 Å². The predicted octanol–water partition coefficient (Wildman–Crippen LogP) is 3.13. The molecule has 90 valence electrons. The maximum atomic E-state index is 12.4. The van der Waals surface area contributed by atoms with Gasteiger partial charge in [-0.15, -0.1) is 0 Å². The summed E-state index contributed by atoms with van der Waals surface area (Å²) in [5.41, 5.74) is 5.37. The Morgan fingerprint density at radius 2 is 1.76 bits per heavy atom. The molecule has 0 bridgehead atoms. The van der Waals surface area contributed by atoms with Crippen molar-refractivity contribution in [2.24, 2.45) is 0 Å². The molecule has 2 N–H and O–H groups in total. The molecule has 2 aromatic rings. The van der Waals surface area contributed by atoms with Crippen LogP contribution in [0, 0.1) is 0 Å². The van der Waals surface area contributed by atoms with E-state index in [4.69, 9.17) is 17.3 Å². The number of nitrogens with two attached hydrogens (primary N) is 1. The summed E-state index contributed by atoms with van der Waals surface area (Å²) in [5.74, 6) is 0. The van der Waals surface area contributed by atoms with E-state index in [0.717, 1.165) is 10.7 Å². The smallest absolute Gasteiger partial charge is 0.399 e. The van der Waals surface area contributed by atoms with E-state index in [-0.39, 0.29) is 5.15 Å². The summed E-state index contributed by atoms with van der Waals surface area (Å²) < 4.78 is 38.2. The fourth-order valence-electron chi connectivity index (χ4n) is 1.29. The van der Waals surface area contributed by atoms with Gasteiger partial charge in [0.15, 0.2) is 5.69 Å². The zero-order chi connectivity index (χ0) is 12.6. The Labute approximate surface area is 99.6 Å². The number of rotatable bonds is 1. The lowest BCUT2D eigenvalue weighted by Crippen LogP contribution is -2.07. The Bertz CT molecular complexity index is 531. The normalized spacial score (nSPS) is 11.8. The second kappa shape index (κ2) is 3.96. The second-order valence-electron chi connectivity index (χ2n) is 3.35. The van der Waals surface area contributed by atoms with E-state index in [2.05, 4.69) is 5.10 Å². The number of hydrogen-bond acceptors (Lipinski definition) is 2. The highest BCUT2D eigenvalue weighted by atomic mass is 35.5. The Morgan fingerprint density at radius 1 is 1.18 bits per heavy atom. The lowest BCUT2D eigenvalue weighted by Gasteiger charge is -2.03. The summed E-state index contributed by atoms with van der Waals surface area (Å²) in [6.45, 7) is 0. The quantitative estimate of drug-likeness (QED) is 0.802. The second-order valence-corrected chi connectivity index (χ2v) is 3.74. The highest BCUT2D eigenvalue weighted by Gasteiger charge is 2.34. The first-order valence-corrected chi connectivity index (χ1v) is 4.94. The lowest BCUT2D eigenvalue weighted by atomic mass is 10.3. The van der Waals surface area contributed by atoms with Gasteiger partial charge in [-0.05, 0) is 24.3 Å². The zero-order valence-electron chi connectivity index (χ0n) is 8.37. The average molecular weight is 262 g/mol. The first kappa shape index (κ1) is 11.8. The lowest BCUT2D eigenvalue weighted by molar-refractivity contribution is -0.141. The molecule has 0 saturated carbocycles. The van der Waals surface area contributed by atoms with Crippen molar-refractivity contribution in [3.05, 3.63) is 41.2 Å². The number of aromatic nitrogens is 2. The SMILES string of the molecule is Nc1ccc(-n2nc(C(F)(F)F)cc2Cl)cc1. The van der Waals surface area contributed by atoms with Crippen LogP contribution in [0.3, 0.4) is 0 Å². The van der Waals surface area contributed by atoms with Crippen molar-refractivity contribution in [3.63, 3.8) is 0 Å². The van der Waals surface area contributed by atoms with Gasteiger partial charge in [0.1, 0.15) is 5.15 Å². The molecule has 1 heterocycles. The molecule has 3 nitrogen and oxygen atoms in total. The minimum atomic E-state index is -4.51. The Balaban J connectivity index is 2.46. The van der Waals surface area contributed by atoms with Crippen LogP contribution < -0.4 is 5.73 Å². The minimum absolute atomic E-state index is 0.109. The number of nitrogens with zero attached hydrogens (tertiary/aromatic N) is 2. The number of anilines is 1. The highest BCUT2D eigenvalue weighted by Crippen LogP contribution is 2.31. The van der Waals surface area contributed by atoms with Crippen LogP contribution in [0.4, 0.5) is 18.9 Å². The minimum Gasteiger partial charge on any atom is -0.399 e. The first-order valence-electron chi connectivity index (χ1n) is 4.56. The molecule has 0 fully saturated rings. The molecule has 0 saturated heterocycles. The fraction of sp³-hybridized carbons (Fsp3) is 0.100. The van der Waals surface area contributed by atoms with Crippen molar-refractivity contribution in [3.8, 4) is 5.69 Å². The van der Waals surface area contributed by atoms with Gasteiger partial charge in [0.05, 0.1) is 5.69 Å². The standard InChI is InChI=1S/C10H7ClF3N3/c11-9-5-8(10(12,13)14)16-17(9)7-3-1-6(15)2-4-7/h1-5H,15H2. The van der Waals surface area contributed by atoms with Crippen molar-refractivity contribution in [1.82, 2.24) is 9.78 Å². The van der Waals surface area contributed by atoms with Gasteiger partial charge in [0.2, 0.25) is 0 Å². The van der Waals surface area contributed by atoms with Gasteiger partial charge < -0.3 is 5.73 Å².